The minimum Gasteiger partial charge on any atom is -0.404 e. The molecular formula is C16H16ClO4P. The smallest absolute Gasteiger partial charge is 0.404 e. The van der Waals surface area contributed by atoms with Gasteiger partial charge in [-0.05, 0) is 60.4 Å². The second-order valence-corrected chi connectivity index (χ2v) is 7.27. The molecular weight excluding hydrogens is 323 g/mol. The topological polar surface area (TPSA) is 44.8 Å². The van der Waals surface area contributed by atoms with Gasteiger partial charge >= 0.3 is 7.82 Å². The quantitative estimate of drug-likeness (QED) is 0.707. The Labute approximate surface area is 134 Å². The third kappa shape index (κ3) is 3.36. The molecule has 3 rings (SSSR count). The summed E-state index contributed by atoms with van der Waals surface area (Å²) in [6.07, 6.45) is 0. The van der Waals surface area contributed by atoms with E-state index in [9.17, 15) is 4.57 Å². The number of benzene rings is 2. The van der Waals surface area contributed by atoms with Gasteiger partial charge in [0.25, 0.3) is 0 Å². The zero-order valence-electron chi connectivity index (χ0n) is 12.3. The molecule has 0 unspecified atom stereocenters. The standard InChI is InChI=1S/C16H16ClO4P/c1-11-7-13-9-19-22(18,20-10-14(13)8-12(11)2)21-16-5-3-15(17)4-6-16/h3-8H,9-10H2,1-2H3. The van der Waals surface area contributed by atoms with Gasteiger partial charge in [-0.3, -0.25) is 9.05 Å². The fourth-order valence-electron chi connectivity index (χ4n) is 2.22. The van der Waals surface area contributed by atoms with E-state index in [1.54, 1.807) is 24.3 Å². The molecule has 0 bridgehead atoms. The molecule has 0 radical (unpaired) electrons. The van der Waals surface area contributed by atoms with Gasteiger partial charge in [-0.25, -0.2) is 4.57 Å². The van der Waals surface area contributed by atoms with Crippen LogP contribution in [0.15, 0.2) is 36.4 Å². The van der Waals surface area contributed by atoms with Crippen LogP contribution in [0.2, 0.25) is 5.02 Å². The largest absolute Gasteiger partial charge is 0.530 e. The summed E-state index contributed by atoms with van der Waals surface area (Å²) in [7, 11) is -3.65. The Bertz CT molecular complexity index is 706. The van der Waals surface area contributed by atoms with Crippen molar-refractivity contribution in [1.82, 2.24) is 0 Å². The van der Waals surface area contributed by atoms with Crippen LogP contribution in [0.5, 0.6) is 5.75 Å². The maximum Gasteiger partial charge on any atom is 0.530 e. The number of phosphoric acid groups is 1. The van der Waals surface area contributed by atoms with Crippen molar-refractivity contribution in [1.29, 1.82) is 0 Å². The highest BCUT2D eigenvalue weighted by molar-refractivity contribution is 7.48. The summed E-state index contributed by atoms with van der Waals surface area (Å²) in [5.74, 6) is 0.394. The van der Waals surface area contributed by atoms with Crippen LogP contribution in [-0.4, -0.2) is 0 Å². The molecule has 0 spiro atoms. The first-order valence-electron chi connectivity index (χ1n) is 6.88. The lowest BCUT2D eigenvalue weighted by Gasteiger charge is -2.15. The van der Waals surface area contributed by atoms with Gasteiger partial charge in [0.05, 0.1) is 13.2 Å². The van der Waals surface area contributed by atoms with Crippen LogP contribution in [0.4, 0.5) is 0 Å². The second-order valence-electron chi connectivity index (χ2n) is 5.24. The molecule has 4 nitrogen and oxygen atoms in total. The summed E-state index contributed by atoms with van der Waals surface area (Å²) >= 11 is 5.82. The highest BCUT2D eigenvalue weighted by Gasteiger charge is 2.32. The lowest BCUT2D eigenvalue weighted by Crippen LogP contribution is -1.99. The Morgan fingerprint density at radius 1 is 1.00 bits per heavy atom. The Hall–Kier alpha value is -1.32. The summed E-state index contributed by atoms with van der Waals surface area (Å²) < 4.78 is 28.9. The molecule has 0 aromatic heterocycles. The SMILES string of the molecule is Cc1cc2c(cc1C)COP(=O)(Oc1ccc(Cl)cc1)OC2. The highest BCUT2D eigenvalue weighted by atomic mass is 35.5. The summed E-state index contributed by atoms with van der Waals surface area (Å²) in [6.45, 7) is 4.46. The molecule has 0 saturated carbocycles. The molecule has 0 aliphatic carbocycles. The van der Waals surface area contributed by atoms with Crippen molar-refractivity contribution < 1.29 is 18.1 Å². The number of phosphoric ester groups is 1. The molecule has 0 N–H and O–H groups in total. The zero-order chi connectivity index (χ0) is 15.7. The lowest BCUT2D eigenvalue weighted by atomic mass is 10.0. The van der Waals surface area contributed by atoms with E-state index in [0.29, 0.717) is 10.8 Å². The zero-order valence-corrected chi connectivity index (χ0v) is 14.0. The maximum absolute atomic E-state index is 12.6. The van der Waals surface area contributed by atoms with Crippen LogP contribution < -0.4 is 4.52 Å². The first-order valence-corrected chi connectivity index (χ1v) is 8.72. The van der Waals surface area contributed by atoms with Gasteiger partial charge in [0, 0.05) is 5.02 Å². The Kier molecular flexibility index (Phi) is 4.28. The average molecular weight is 339 g/mol. The maximum atomic E-state index is 12.6. The monoisotopic (exact) mass is 338 g/mol. The van der Waals surface area contributed by atoms with E-state index in [4.69, 9.17) is 25.2 Å². The normalized spacial score (nSPS) is 16.7. The van der Waals surface area contributed by atoms with E-state index in [2.05, 4.69) is 0 Å². The van der Waals surface area contributed by atoms with Gasteiger partial charge in [0.2, 0.25) is 0 Å². The fourth-order valence-corrected chi connectivity index (χ4v) is 3.50. The van der Waals surface area contributed by atoms with Gasteiger partial charge in [-0.2, -0.15) is 0 Å². The van der Waals surface area contributed by atoms with E-state index < -0.39 is 7.82 Å². The Morgan fingerprint density at radius 2 is 1.50 bits per heavy atom. The van der Waals surface area contributed by atoms with Crippen LogP contribution in [0.1, 0.15) is 22.3 Å². The van der Waals surface area contributed by atoms with Crippen molar-refractivity contribution in [2.24, 2.45) is 0 Å². The molecule has 2 aromatic carbocycles. The van der Waals surface area contributed by atoms with Crippen molar-refractivity contribution in [2.75, 3.05) is 0 Å². The van der Waals surface area contributed by atoms with Crippen LogP contribution >= 0.6 is 19.4 Å². The van der Waals surface area contributed by atoms with Gasteiger partial charge in [-0.15, -0.1) is 0 Å². The summed E-state index contributed by atoms with van der Waals surface area (Å²) in [5, 5.41) is 0.576. The number of hydrogen-bond acceptors (Lipinski definition) is 4. The first kappa shape index (κ1) is 15.6. The Morgan fingerprint density at radius 3 is 2.00 bits per heavy atom. The van der Waals surface area contributed by atoms with E-state index in [-0.39, 0.29) is 13.2 Å². The van der Waals surface area contributed by atoms with E-state index in [1.807, 2.05) is 26.0 Å². The number of aryl methyl sites for hydroxylation is 2. The van der Waals surface area contributed by atoms with Gasteiger partial charge < -0.3 is 4.52 Å². The molecule has 0 amide bonds. The molecule has 2 aromatic rings. The van der Waals surface area contributed by atoms with Gasteiger partial charge in [-0.1, -0.05) is 23.7 Å². The molecule has 1 heterocycles. The van der Waals surface area contributed by atoms with Crippen LogP contribution in [0.3, 0.4) is 0 Å². The predicted octanol–water partition coefficient (Wildman–Crippen LogP) is 5.19. The van der Waals surface area contributed by atoms with E-state index in [0.717, 1.165) is 22.3 Å². The Balaban J connectivity index is 1.80. The van der Waals surface area contributed by atoms with Crippen LogP contribution in [0, 0.1) is 13.8 Å². The van der Waals surface area contributed by atoms with Crippen molar-refractivity contribution in [3.8, 4) is 5.75 Å². The number of fused-ring (bicyclic) bond motifs is 1. The molecule has 0 fully saturated rings. The second kappa shape index (κ2) is 6.05. The molecule has 0 atom stereocenters. The first-order chi connectivity index (χ1) is 10.5. The molecule has 116 valence electrons. The highest BCUT2D eigenvalue weighted by Crippen LogP contribution is 2.52. The summed E-state index contributed by atoms with van der Waals surface area (Å²) in [5.41, 5.74) is 4.27. The average Bonchev–Trinajstić information content (AvgIpc) is 2.63. The van der Waals surface area contributed by atoms with Crippen LogP contribution in [0.25, 0.3) is 0 Å². The van der Waals surface area contributed by atoms with Crippen molar-refractivity contribution >= 4 is 19.4 Å². The third-order valence-electron chi connectivity index (χ3n) is 3.60. The predicted molar refractivity (Wildman–Crippen MR) is 85.2 cm³/mol. The minimum atomic E-state index is -3.65. The van der Waals surface area contributed by atoms with Crippen LogP contribution in [-0.2, 0) is 26.8 Å². The molecule has 1 aliphatic rings. The molecule has 6 heteroatoms. The molecule has 1 aliphatic heterocycles. The number of halogens is 1. The van der Waals surface area contributed by atoms with E-state index >= 15 is 0 Å². The summed E-state index contributed by atoms with van der Waals surface area (Å²) in [6, 6.07) is 10.6. The fraction of sp³-hybridized carbons (Fsp3) is 0.250. The molecule has 22 heavy (non-hydrogen) atoms. The summed E-state index contributed by atoms with van der Waals surface area (Å²) in [4.78, 5) is 0. The number of rotatable bonds is 2. The third-order valence-corrected chi connectivity index (χ3v) is 5.18. The van der Waals surface area contributed by atoms with E-state index in [1.165, 1.54) is 0 Å². The van der Waals surface area contributed by atoms with Gasteiger partial charge in [0.1, 0.15) is 5.75 Å². The van der Waals surface area contributed by atoms with Crippen molar-refractivity contribution in [3.05, 3.63) is 63.7 Å². The lowest BCUT2D eigenvalue weighted by molar-refractivity contribution is 0.155. The van der Waals surface area contributed by atoms with Crippen molar-refractivity contribution in [2.45, 2.75) is 27.1 Å². The minimum absolute atomic E-state index is 0.196. The van der Waals surface area contributed by atoms with Gasteiger partial charge in [0.15, 0.2) is 0 Å². The van der Waals surface area contributed by atoms with Crippen molar-refractivity contribution in [3.63, 3.8) is 0 Å². The molecule has 0 saturated heterocycles. The number of hydrogen-bond donors (Lipinski definition) is 0.